The van der Waals surface area contributed by atoms with Crippen LogP contribution in [0.15, 0.2) is 42.7 Å². The van der Waals surface area contributed by atoms with Crippen molar-refractivity contribution in [2.45, 2.75) is 81.8 Å². The monoisotopic (exact) mass is 541 g/mol. The van der Waals surface area contributed by atoms with E-state index in [0.29, 0.717) is 29.9 Å². The standard InChI is InChI=1S/C29H31F4N5O/c1-27(8-4-9-27)34-15-18-11-22-23(24(12-18)29(31,32)33)16-38(25(22)39)21-6-3-5-19(13-21)28(10-7-20(30)14-28)26-36-35-17-37(26)2/h3,5-6,11-13,17,20,34H,4,7-10,14-16H2,1-2H3. The number of anilines is 1. The summed E-state index contributed by atoms with van der Waals surface area (Å²) < 4.78 is 58.9. The zero-order valence-electron chi connectivity index (χ0n) is 22.0. The van der Waals surface area contributed by atoms with E-state index in [9.17, 15) is 22.4 Å². The number of amides is 1. The highest BCUT2D eigenvalue weighted by Gasteiger charge is 2.46. The molecule has 10 heteroatoms. The number of aromatic nitrogens is 3. The van der Waals surface area contributed by atoms with Gasteiger partial charge in [-0.1, -0.05) is 12.1 Å². The van der Waals surface area contributed by atoms with Gasteiger partial charge in [0, 0.05) is 30.4 Å². The van der Waals surface area contributed by atoms with Crippen molar-refractivity contribution in [1.82, 2.24) is 20.1 Å². The molecule has 2 saturated carbocycles. The van der Waals surface area contributed by atoms with E-state index in [0.717, 1.165) is 24.8 Å². The molecule has 2 aromatic carbocycles. The van der Waals surface area contributed by atoms with E-state index in [1.54, 1.807) is 35.2 Å². The largest absolute Gasteiger partial charge is 0.416 e. The molecule has 3 aromatic rings. The lowest BCUT2D eigenvalue weighted by Gasteiger charge is -2.39. The van der Waals surface area contributed by atoms with E-state index in [1.165, 1.54) is 11.0 Å². The van der Waals surface area contributed by atoms with E-state index in [1.807, 2.05) is 13.1 Å². The van der Waals surface area contributed by atoms with Gasteiger partial charge in [-0.05, 0) is 86.4 Å². The van der Waals surface area contributed by atoms with E-state index < -0.39 is 29.2 Å². The van der Waals surface area contributed by atoms with Gasteiger partial charge in [-0.15, -0.1) is 10.2 Å². The van der Waals surface area contributed by atoms with E-state index in [2.05, 4.69) is 22.4 Å². The maximum atomic E-state index is 14.6. The van der Waals surface area contributed by atoms with Gasteiger partial charge in [-0.3, -0.25) is 4.79 Å². The third-order valence-corrected chi connectivity index (χ3v) is 8.89. The van der Waals surface area contributed by atoms with Crippen molar-refractivity contribution in [3.8, 4) is 0 Å². The average molecular weight is 542 g/mol. The van der Waals surface area contributed by atoms with E-state index >= 15 is 0 Å². The Bertz CT molecular complexity index is 1430. The minimum Gasteiger partial charge on any atom is -0.320 e. The third-order valence-electron chi connectivity index (χ3n) is 8.89. The first kappa shape index (κ1) is 26.0. The topological polar surface area (TPSA) is 63.1 Å². The van der Waals surface area contributed by atoms with Gasteiger partial charge in [0.05, 0.1) is 17.5 Å². The maximum absolute atomic E-state index is 14.6. The number of hydrogen-bond donors (Lipinski definition) is 1. The summed E-state index contributed by atoms with van der Waals surface area (Å²) in [5.74, 6) is 0.166. The van der Waals surface area contributed by atoms with Gasteiger partial charge in [0.15, 0.2) is 0 Å². The number of nitrogens with one attached hydrogen (secondary N) is 1. The number of benzene rings is 2. The van der Waals surface area contributed by atoms with Crippen LogP contribution in [0, 0.1) is 0 Å². The highest BCUT2D eigenvalue weighted by atomic mass is 19.4. The lowest BCUT2D eigenvalue weighted by Crippen LogP contribution is -2.47. The van der Waals surface area contributed by atoms with Gasteiger partial charge in [-0.25, -0.2) is 4.39 Å². The number of nitrogens with zero attached hydrogens (tertiary/aromatic N) is 4. The summed E-state index contributed by atoms with van der Waals surface area (Å²) >= 11 is 0. The zero-order chi connectivity index (χ0) is 27.6. The Hall–Kier alpha value is -3.27. The molecule has 1 aromatic heterocycles. The van der Waals surface area contributed by atoms with Crippen LogP contribution in [0.25, 0.3) is 0 Å². The first-order valence-electron chi connectivity index (χ1n) is 13.4. The highest BCUT2D eigenvalue weighted by molar-refractivity contribution is 6.10. The summed E-state index contributed by atoms with van der Waals surface area (Å²) in [6, 6.07) is 9.91. The van der Waals surface area contributed by atoms with E-state index in [4.69, 9.17) is 0 Å². The zero-order valence-corrected chi connectivity index (χ0v) is 22.0. The first-order chi connectivity index (χ1) is 18.5. The molecule has 3 aliphatic rings. The van der Waals surface area contributed by atoms with Crippen LogP contribution in [0.5, 0.6) is 0 Å². The smallest absolute Gasteiger partial charge is 0.320 e. The summed E-state index contributed by atoms with van der Waals surface area (Å²) in [6.45, 7) is 2.15. The van der Waals surface area contributed by atoms with Gasteiger partial charge >= 0.3 is 6.18 Å². The Morgan fingerprint density at radius 3 is 2.56 bits per heavy atom. The number of halogens is 4. The van der Waals surface area contributed by atoms with Gasteiger partial charge in [0.25, 0.3) is 5.91 Å². The first-order valence-corrected chi connectivity index (χ1v) is 13.4. The predicted molar refractivity (Wildman–Crippen MR) is 138 cm³/mol. The molecule has 39 heavy (non-hydrogen) atoms. The van der Waals surface area contributed by atoms with Crippen molar-refractivity contribution in [2.24, 2.45) is 7.05 Å². The van der Waals surface area contributed by atoms with E-state index in [-0.39, 0.29) is 36.2 Å². The molecule has 2 aliphatic carbocycles. The molecule has 2 heterocycles. The van der Waals surface area contributed by atoms with Crippen molar-refractivity contribution in [3.63, 3.8) is 0 Å². The van der Waals surface area contributed by atoms with Crippen molar-refractivity contribution in [2.75, 3.05) is 4.90 Å². The molecule has 0 saturated heterocycles. The van der Waals surface area contributed by atoms with Gasteiger partial charge in [0.2, 0.25) is 0 Å². The highest BCUT2D eigenvalue weighted by Crippen LogP contribution is 2.48. The Balaban J connectivity index is 1.36. The number of hydrogen-bond acceptors (Lipinski definition) is 4. The second-order valence-corrected chi connectivity index (χ2v) is 11.6. The molecule has 0 spiro atoms. The quantitative estimate of drug-likeness (QED) is 0.399. The summed E-state index contributed by atoms with van der Waals surface area (Å²) in [7, 11) is 1.81. The Kier molecular flexibility index (Phi) is 6.09. The number of carbonyl (C=O) groups excluding carboxylic acids is 1. The number of rotatable bonds is 6. The SMILES string of the molecule is Cn1cnnc1C1(c2cccc(N3Cc4c(cc(CNC5(C)CCC5)cc4C(F)(F)F)C3=O)c2)CCC(F)C1. The van der Waals surface area contributed by atoms with Crippen LogP contribution in [0.1, 0.15) is 83.9 Å². The van der Waals surface area contributed by atoms with Crippen LogP contribution in [0.2, 0.25) is 0 Å². The molecule has 1 amide bonds. The maximum Gasteiger partial charge on any atom is 0.416 e. The molecular weight excluding hydrogens is 510 g/mol. The fourth-order valence-electron chi connectivity index (χ4n) is 6.50. The molecule has 6 rings (SSSR count). The van der Waals surface area contributed by atoms with Gasteiger partial charge in [-0.2, -0.15) is 13.2 Å². The van der Waals surface area contributed by atoms with Crippen LogP contribution in [0.4, 0.5) is 23.2 Å². The van der Waals surface area contributed by atoms with Gasteiger partial charge in [0.1, 0.15) is 18.3 Å². The second-order valence-electron chi connectivity index (χ2n) is 11.6. The molecule has 206 valence electrons. The van der Waals surface area contributed by atoms with Crippen molar-refractivity contribution < 1.29 is 22.4 Å². The summed E-state index contributed by atoms with van der Waals surface area (Å²) in [5, 5.41) is 11.6. The van der Waals surface area contributed by atoms with Crippen molar-refractivity contribution in [1.29, 1.82) is 0 Å². The lowest BCUT2D eigenvalue weighted by atomic mass is 9.77. The minimum atomic E-state index is -4.59. The van der Waals surface area contributed by atoms with Crippen LogP contribution in [-0.4, -0.2) is 32.4 Å². The summed E-state index contributed by atoms with van der Waals surface area (Å²) in [6.07, 6.45) is 0.145. The average Bonchev–Trinajstić information content (AvgIpc) is 3.58. The lowest BCUT2D eigenvalue weighted by molar-refractivity contribution is -0.138. The van der Waals surface area contributed by atoms with Gasteiger partial charge < -0.3 is 14.8 Å². The normalized spacial score (nSPS) is 24.2. The molecule has 0 radical (unpaired) electrons. The number of alkyl halides is 4. The molecule has 1 aliphatic heterocycles. The Morgan fingerprint density at radius 1 is 1.15 bits per heavy atom. The van der Waals surface area contributed by atoms with Crippen LogP contribution >= 0.6 is 0 Å². The molecule has 2 unspecified atom stereocenters. The van der Waals surface area contributed by atoms with Crippen molar-refractivity contribution >= 4 is 11.6 Å². The predicted octanol–water partition coefficient (Wildman–Crippen LogP) is 5.83. The van der Waals surface area contributed by atoms with Crippen LogP contribution in [0.3, 0.4) is 0 Å². The summed E-state index contributed by atoms with van der Waals surface area (Å²) in [5.41, 5.74) is 0.188. The Morgan fingerprint density at radius 2 is 1.95 bits per heavy atom. The number of carbonyl (C=O) groups is 1. The Labute approximate surface area is 224 Å². The minimum absolute atomic E-state index is 0.00999. The van der Waals surface area contributed by atoms with Crippen LogP contribution in [-0.2, 0) is 31.7 Å². The van der Waals surface area contributed by atoms with Crippen molar-refractivity contribution in [3.05, 3.63) is 76.4 Å². The molecule has 6 nitrogen and oxygen atoms in total. The molecule has 0 bridgehead atoms. The van der Waals surface area contributed by atoms with Crippen LogP contribution < -0.4 is 10.2 Å². The fourth-order valence-corrected chi connectivity index (χ4v) is 6.50. The fraction of sp³-hybridized carbons (Fsp3) is 0.483. The number of fused-ring (bicyclic) bond motifs is 1. The summed E-state index contributed by atoms with van der Waals surface area (Å²) in [4.78, 5) is 15.0. The second kappa shape index (κ2) is 9.15. The molecule has 2 atom stereocenters. The molecular formula is C29H31F4N5O. The molecule has 1 N–H and O–H groups in total. The third kappa shape index (κ3) is 4.42. The number of aryl methyl sites for hydroxylation is 1. The molecule has 2 fully saturated rings.